The molecule has 5 aromatic rings. The number of anilines is 3. The Bertz CT molecular complexity index is 3380. The van der Waals surface area contributed by atoms with E-state index in [-0.39, 0.29) is 110 Å². The largest absolute Gasteiger partial charge is 0.486 e. The Morgan fingerprint density at radius 2 is 1.13 bits per heavy atom. The highest BCUT2D eigenvalue weighted by molar-refractivity contribution is 5.94. The van der Waals surface area contributed by atoms with Crippen LogP contribution in [-0.2, 0) is 46.0 Å². The lowest BCUT2D eigenvalue weighted by molar-refractivity contribution is -0.140. The van der Waals surface area contributed by atoms with E-state index in [2.05, 4.69) is 49.5 Å². The SMILES string of the molecule is CN(CCOCCNC(=O)CCC12c3cc(NC(=O)CCCCCCCN)ccc3C(c3ccc(NC(=O)CCCCCCCN)cc31)c1ccc(NC(=O)CCCCCCCN)cc12)C(=O)C1C[C@H](N=[N+]=[N-])C[C@@H]1C(=O)COc1ccc2c(=O)oc(=O)n(C)c2c1. The van der Waals surface area contributed by atoms with Crippen LogP contribution in [0.2, 0.25) is 0 Å². The smallest absolute Gasteiger partial charge is 0.422 e. The number of likely N-dealkylation sites (N-methyl/N-ethyl adjacent to an activating group) is 1. The van der Waals surface area contributed by atoms with E-state index in [1.54, 1.807) is 7.05 Å². The van der Waals surface area contributed by atoms with Crippen molar-refractivity contribution < 1.29 is 42.7 Å². The summed E-state index contributed by atoms with van der Waals surface area (Å²) in [6.45, 7) is 2.06. The zero-order valence-electron chi connectivity index (χ0n) is 53.4. The Labute approximate surface area is 537 Å². The summed E-state index contributed by atoms with van der Waals surface area (Å²) < 4.78 is 17.7. The summed E-state index contributed by atoms with van der Waals surface area (Å²) in [5.74, 6) is -3.73. The second kappa shape index (κ2) is 34.5. The van der Waals surface area contributed by atoms with Gasteiger partial charge in [-0.05, 0) is 165 Å². The average molecular weight is 1270 g/mol. The first-order chi connectivity index (χ1) is 44.6. The zero-order chi connectivity index (χ0) is 65.6. The second-order valence-corrected chi connectivity index (χ2v) is 24.7. The average Bonchev–Trinajstić information content (AvgIpc) is 0.742. The number of Topliss-reactive ketones (excluding diaryl/α,β-unsaturated/α-hetero) is 1. The molecule has 92 heavy (non-hydrogen) atoms. The number of aryl methyl sites for hydroxylation is 1. The molecule has 23 nitrogen and oxygen atoms in total. The molecule has 3 atom stereocenters. The minimum absolute atomic E-state index is 0.0493. The van der Waals surface area contributed by atoms with Crippen LogP contribution >= 0.6 is 0 Å². The third kappa shape index (κ3) is 17.9. The summed E-state index contributed by atoms with van der Waals surface area (Å²) in [5, 5.41) is 16.6. The van der Waals surface area contributed by atoms with Gasteiger partial charge in [0, 0.05) is 110 Å². The lowest BCUT2D eigenvalue weighted by Crippen LogP contribution is -2.43. The number of azide groups is 1. The van der Waals surface area contributed by atoms with Crippen LogP contribution in [0.3, 0.4) is 0 Å². The van der Waals surface area contributed by atoms with Crippen LogP contribution in [0.5, 0.6) is 5.75 Å². The molecule has 4 aliphatic carbocycles. The highest BCUT2D eigenvalue weighted by Crippen LogP contribution is 2.62. The number of nitrogens with one attached hydrogen (secondary N) is 4. The van der Waals surface area contributed by atoms with Crippen molar-refractivity contribution in [2.24, 2.45) is 41.2 Å². The van der Waals surface area contributed by atoms with Gasteiger partial charge in [0.1, 0.15) is 12.4 Å². The van der Waals surface area contributed by atoms with Crippen LogP contribution in [0.15, 0.2) is 91.9 Å². The molecule has 4 aromatic carbocycles. The predicted molar refractivity (Wildman–Crippen MR) is 354 cm³/mol. The molecule has 0 saturated heterocycles. The molecular weight excluding hydrogens is 1170 g/mol. The summed E-state index contributed by atoms with van der Waals surface area (Å²) in [5.41, 5.74) is 32.6. The fraction of sp³-hybridized carbons (Fsp3) is 0.536. The Morgan fingerprint density at radius 1 is 0.641 bits per heavy atom. The maximum absolute atomic E-state index is 14.3. The van der Waals surface area contributed by atoms with Crippen molar-refractivity contribution in [2.75, 3.05) is 75.5 Å². The first-order valence-corrected chi connectivity index (χ1v) is 33.0. The molecule has 1 heterocycles. The van der Waals surface area contributed by atoms with Crippen molar-refractivity contribution in [1.82, 2.24) is 14.8 Å². The Balaban J connectivity index is 0.965. The number of nitrogens with two attached hydrogens (primary N) is 3. The Morgan fingerprint density at radius 3 is 1.63 bits per heavy atom. The van der Waals surface area contributed by atoms with Crippen LogP contribution in [-0.4, -0.2) is 110 Å². The van der Waals surface area contributed by atoms with E-state index in [4.69, 9.17) is 31.1 Å². The van der Waals surface area contributed by atoms with E-state index in [0.717, 1.165) is 134 Å². The fourth-order valence-corrected chi connectivity index (χ4v) is 13.4. The molecular formula is C69H92N12O11. The number of nitrogens with zero attached hydrogens (tertiary/aromatic N) is 5. The molecule has 494 valence electrons. The van der Waals surface area contributed by atoms with E-state index in [1.807, 2.05) is 36.4 Å². The summed E-state index contributed by atoms with van der Waals surface area (Å²) in [4.78, 5) is 112. The number of ether oxygens (including phenoxy) is 2. The van der Waals surface area contributed by atoms with Crippen molar-refractivity contribution in [3.05, 3.63) is 138 Å². The zero-order valence-corrected chi connectivity index (χ0v) is 53.4. The van der Waals surface area contributed by atoms with Gasteiger partial charge in [-0.15, -0.1) is 0 Å². The summed E-state index contributed by atoms with van der Waals surface area (Å²) in [7, 11) is 3.04. The number of rotatable bonds is 39. The van der Waals surface area contributed by atoms with Gasteiger partial charge in [0.25, 0.3) is 0 Å². The van der Waals surface area contributed by atoms with Crippen LogP contribution in [0, 0.1) is 11.8 Å². The van der Waals surface area contributed by atoms with Crippen LogP contribution in [0.1, 0.15) is 181 Å². The topological polar surface area (TPSA) is 351 Å². The number of ketones is 1. The van der Waals surface area contributed by atoms with Gasteiger partial charge in [-0.3, -0.25) is 33.3 Å². The maximum Gasteiger partial charge on any atom is 0.422 e. The Hall–Kier alpha value is -8.21. The first kappa shape index (κ1) is 69.7. The second-order valence-electron chi connectivity index (χ2n) is 24.7. The number of amides is 5. The highest BCUT2D eigenvalue weighted by Gasteiger charge is 2.52. The van der Waals surface area contributed by atoms with Crippen molar-refractivity contribution in [1.29, 1.82) is 0 Å². The van der Waals surface area contributed by atoms with Gasteiger partial charge < -0.3 is 57.3 Å². The third-order valence-corrected chi connectivity index (χ3v) is 18.3. The van der Waals surface area contributed by atoms with Crippen molar-refractivity contribution in [3.8, 4) is 5.75 Å². The molecule has 2 bridgehead atoms. The quantitative estimate of drug-likeness (QED) is 0.00835. The summed E-state index contributed by atoms with van der Waals surface area (Å²) >= 11 is 0. The number of aromatic nitrogens is 1. The molecule has 0 aliphatic heterocycles. The van der Waals surface area contributed by atoms with Crippen molar-refractivity contribution in [3.63, 3.8) is 0 Å². The lowest BCUT2D eigenvalue weighted by atomic mass is 9.51. The maximum atomic E-state index is 14.3. The molecule has 4 aliphatic rings. The molecule has 0 spiro atoms. The van der Waals surface area contributed by atoms with E-state index >= 15 is 0 Å². The number of hydrogen-bond donors (Lipinski definition) is 7. The number of carbonyl (C=O) groups is 6. The molecule has 9 rings (SSSR count). The van der Waals surface area contributed by atoms with Gasteiger partial charge >= 0.3 is 11.4 Å². The highest BCUT2D eigenvalue weighted by atomic mass is 16.5. The number of fused-ring (bicyclic) bond motifs is 1. The standard InChI is InChI=1S/C69H92N12O11/c1-80(66(87)55-39-48(78-79-73)38-54(55)60(82)44-91-49-24-28-53-59(43-49)81(2)68(89)92-67(53)88)35-37-90-36-34-74-61(83)29-30-69-56-40-45(75-62(84)18-12-6-3-9-15-31-70)21-25-50(56)65(51-26-22-46(41-57(51)69)76-63(85)19-13-7-4-10-16-32-71)52-27-23-47(42-58(52)69)77-64(86)20-14-8-5-11-17-33-72/h21-28,40-43,48,54-55,65H,3-20,29-39,44,70-72H2,1-2H3,(H,74,83)(H,75,84)(H,76,85)(H,77,86)/t48-,54+,55?,65?,69?/m1/s1. The molecule has 5 amide bonds. The number of benzene rings is 4. The molecule has 1 unspecified atom stereocenters. The molecule has 10 N–H and O–H groups in total. The molecule has 1 fully saturated rings. The molecule has 1 aromatic heterocycles. The fourth-order valence-electron chi connectivity index (χ4n) is 13.4. The molecule has 0 radical (unpaired) electrons. The van der Waals surface area contributed by atoms with Gasteiger partial charge in [-0.25, -0.2) is 9.59 Å². The normalized spacial score (nSPS) is 17.4. The molecule has 23 heteroatoms. The van der Waals surface area contributed by atoms with Gasteiger partial charge in [0.2, 0.25) is 29.5 Å². The minimum atomic E-state index is -1.01. The molecule has 1 saturated carbocycles. The lowest BCUT2D eigenvalue weighted by Gasteiger charge is -2.51. The monoisotopic (exact) mass is 1260 g/mol. The van der Waals surface area contributed by atoms with Crippen LogP contribution in [0.4, 0.5) is 17.1 Å². The van der Waals surface area contributed by atoms with Gasteiger partial charge in [0.05, 0.1) is 24.1 Å². The summed E-state index contributed by atoms with van der Waals surface area (Å²) in [6, 6.07) is 21.9. The number of hydrogen-bond acceptors (Lipinski definition) is 15. The third-order valence-electron chi connectivity index (χ3n) is 18.3. The minimum Gasteiger partial charge on any atom is -0.486 e. The van der Waals surface area contributed by atoms with Gasteiger partial charge in [0.15, 0.2) is 5.78 Å². The van der Waals surface area contributed by atoms with E-state index < -0.39 is 41.3 Å². The summed E-state index contributed by atoms with van der Waals surface area (Å²) in [6.07, 6.45) is 15.7. The van der Waals surface area contributed by atoms with Gasteiger partial charge in [-0.2, -0.15) is 0 Å². The van der Waals surface area contributed by atoms with Crippen LogP contribution in [0.25, 0.3) is 21.3 Å². The first-order valence-electron chi connectivity index (χ1n) is 33.0. The van der Waals surface area contributed by atoms with Crippen LogP contribution < -0.4 is 54.6 Å². The number of carbonyl (C=O) groups excluding carboxylic acids is 6. The number of unbranched alkanes of at least 4 members (excludes halogenated alkanes) is 12. The van der Waals surface area contributed by atoms with Crippen molar-refractivity contribution in [2.45, 2.75) is 159 Å². The van der Waals surface area contributed by atoms with Crippen molar-refractivity contribution >= 4 is 63.3 Å². The predicted octanol–water partition coefficient (Wildman–Crippen LogP) is 9.07. The van der Waals surface area contributed by atoms with Gasteiger partial charge in [-0.1, -0.05) is 81.1 Å². The Kier molecular flexibility index (Phi) is 26.1. The van der Waals surface area contributed by atoms with E-state index in [0.29, 0.717) is 56.0 Å². The van der Waals surface area contributed by atoms with E-state index in [9.17, 15) is 43.9 Å². The van der Waals surface area contributed by atoms with E-state index in [1.165, 1.54) is 30.1 Å².